The standard InChI is InChI=1S/C15H14N2O3/c1-10-3-2-4-13(7-10)17-16-9-12-8-11(15(19)20)5-6-14(12)18/h2-9,17-18H,1H3,(H,19,20). The van der Waals surface area contributed by atoms with Gasteiger partial charge in [-0.15, -0.1) is 0 Å². The van der Waals surface area contributed by atoms with Crippen LogP contribution in [0.4, 0.5) is 5.69 Å². The maximum atomic E-state index is 10.9. The van der Waals surface area contributed by atoms with E-state index in [1.165, 1.54) is 24.4 Å². The number of rotatable bonds is 4. The third-order valence-electron chi connectivity index (χ3n) is 2.69. The summed E-state index contributed by atoms with van der Waals surface area (Å²) in [5.41, 5.74) is 5.17. The van der Waals surface area contributed by atoms with Crippen LogP contribution in [0.25, 0.3) is 0 Å². The number of nitrogens with zero attached hydrogens (tertiary/aromatic N) is 1. The summed E-state index contributed by atoms with van der Waals surface area (Å²) >= 11 is 0. The summed E-state index contributed by atoms with van der Waals surface area (Å²) < 4.78 is 0. The summed E-state index contributed by atoms with van der Waals surface area (Å²) in [6.45, 7) is 1.97. The molecule has 102 valence electrons. The second kappa shape index (κ2) is 5.88. The number of phenolic OH excluding ortho intramolecular Hbond substituents is 1. The molecule has 0 unspecified atom stereocenters. The quantitative estimate of drug-likeness (QED) is 0.589. The van der Waals surface area contributed by atoms with Gasteiger partial charge in [0.15, 0.2) is 0 Å². The van der Waals surface area contributed by atoms with E-state index in [9.17, 15) is 9.90 Å². The van der Waals surface area contributed by atoms with Crippen molar-refractivity contribution in [3.63, 3.8) is 0 Å². The number of nitrogens with one attached hydrogen (secondary N) is 1. The molecule has 0 fully saturated rings. The lowest BCUT2D eigenvalue weighted by Gasteiger charge is -2.02. The lowest BCUT2D eigenvalue weighted by molar-refractivity contribution is 0.0697. The fraction of sp³-hybridized carbons (Fsp3) is 0.0667. The number of benzene rings is 2. The van der Waals surface area contributed by atoms with E-state index >= 15 is 0 Å². The first-order valence-electron chi connectivity index (χ1n) is 5.98. The summed E-state index contributed by atoms with van der Waals surface area (Å²) in [5, 5.41) is 22.5. The van der Waals surface area contributed by atoms with Gasteiger partial charge >= 0.3 is 5.97 Å². The van der Waals surface area contributed by atoms with Crippen LogP contribution in [-0.2, 0) is 0 Å². The summed E-state index contributed by atoms with van der Waals surface area (Å²) in [6.07, 6.45) is 1.38. The number of hydrogen-bond donors (Lipinski definition) is 3. The van der Waals surface area contributed by atoms with E-state index in [1.54, 1.807) is 0 Å². The molecule has 2 aromatic carbocycles. The number of anilines is 1. The van der Waals surface area contributed by atoms with Gasteiger partial charge in [0.05, 0.1) is 17.5 Å². The molecular weight excluding hydrogens is 256 g/mol. The Morgan fingerprint density at radius 1 is 1.25 bits per heavy atom. The Labute approximate surface area is 116 Å². The first kappa shape index (κ1) is 13.6. The van der Waals surface area contributed by atoms with Crippen molar-refractivity contribution in [2.24, 2.45) is 5.10 Å². The Hall–Kier alpha value is -2.82. The van der Waals surface area contributed by atoms with E-state index in [4.69, 9.17) is 5.11 Å². The second-order valence-electron chi connectivity index (χ2n) is 4.32. The SMILES string of the molecule is Cc1cccc(NN=Cc2cc(C(=O)O)ccc2O)c1. The van der Waals surface area contributed by atoms with Crippen LogP contribution in [0.5, 0.6) is 5.75 Å². The highest BCUT2D eigenvalue weighted by Crippen LogP contribution is 2.17. The number of hydrazone groups is 1. The Morgan fingerprint density at radius 3 is 2.75 bits per heavy atom. The molecule has 0 aromatic heterocycles. The fourth-order valence-electron chi connectivity index (χ4n) is 1.68. The van der Waals surface area contributed by atoms with Gasteiger partial charge in [0.1, 0.15) is 5.75 Å². The van der Waals surface area contributed by atoms with Gasteiger partial charge in [-0.05, 0) is 42.8 Å². The molecule has 2 aromatic rings. The lowest BCUT2D eigenvalue weighted by atomic mass is 10.1. The Balaban J connectivity index is 2.15. The van der Waals surface area contributed by atoms with Gasteiger partial charge in [0.2, 0.25) is 0 Å². The molecule has 0 aliphatic rings. The minimum atomic E-state index is -1.05. The minimum Gasteiger partial charge on any atom is -0.507 e. The van der Waals surface area contributed by atoms with Crippen LogP contribution >= 0.6 is 0 Å². The molecule has 0 saturated carbocycles. The molecule has 5 heteroatoms. The van der Waals surface area contributed by atoms with Gasteiger partial charge in [0.25, 0.3) is 0 Å². The molecule has 2 rings (SSSR count). The number of aromatic hydroxyl groups is 1. The molecule has 5 nitrogen and oxygen atoms in total. The molecule has 0 atom stereocenters. The molecule has 0 saturated heterocycles. The second-order valence-corrected chi connectivity index (χ2v) is 4.32. The van der Waals surface area contributed by atoms with Crippen LogP contribution in [0.3, 0.4) is 0 Å². The molecule has 20 heavy (non-hydrogen) atoms. The van der Waals surface area contributed by atoms with Crippen molar-refractivity contribution < 1.29 is 15.0 Å². The van der Waals surface area contributed by atoms with E-state index in [2.05, 4.69) is 10.5 Å². The number of hydrogen-bond acceptors (Lipinski definition) is 4. The Bertz CT molecular complexity index is 666. The molecule has 0 radical (unpaired) electrons. The van der Waals surface area contributed by atoms with Crippen molar-refractivity contribution in [1.29, 1.82) is 0 Å². The normalized spacial score (nSPS) is 10.7. The molecule has 3 N–H and O–H groups in total. The predicted octanol–water partition coefficient (Wildman–Crippen LogP) is 2.84. The van der Waals surface area contributed by atoms with E-state index < -0.39 is 5.97 Å². The molecular formula is C15H14N2O3. The first-order valence-corrected chi connectivity index (χ1v) is 5.98. The van der Waals surface area contributed by atoms with E-state index in [1.807, 2.05) is 31.2 Å². The van der Waals surface area contributed by atoms with E-state index in [-0.39, 0.29) is 11.3 Å². The van der Waals surface area contributed by atoms with E-state index in [0.717, 1.165) is 11.3 Å². The molecule has 0 amide bonds. The summed E-state index contributed by atoms with van der Waals surface area (Å²) in [7, 11) is 0. The summed E-state index contributed by atoms with van der Waals surface area (Å²) in [5.74, 6) is -1.07. The van der Waals surface area contributed by atoms with Gasteiger partial charge in [-0.3, -0.25) is 5.43 Å². The fourth-order valence-corrected chi connectivity index (χ4v) is 1.68. The highest BCUT2D eigenvalue weighted by Gasteiger charge is 2.06. The van der Waals surface area contributed by atoms with E-state index in [0.29, 0.717) is 5.56 Å². The highest BCUT2D eigenvalue weighted by atomic mass is 16.4. The molecule has 0 spiro atoms. The number of carbonyl (C=O) groups is 1. The Kier molecular flexibility index (Phi) is 4.00. The lowest BCUT2D eigenvalue weighted by Crippen LogP contribution is -1.98. The maximum Gasteiger partial charge on any atom is 0.335 e. The van der Waals surface area contributed by atoms with Crippen LogP contribution in [-0.4, -0.2) is 22.4 Å². The summed E-state index contributed by atoms with van der Waals surface area (Å²) in [6, 6.07) is 11.7. The molecule has 0 heterocycles. The first-order chi connectivity index (χ1) is 9.56. The van der Waals surface area contributed by atoms with Gasteiger partial charge < -0.3 is 10.2 Å². The van der Waals surface area contributed by atoms with Crippen molar-refractivity contribution in [2.45, 2.75) is 6.92 Å². The smallest absolute Gasteiger partial charge is 0.335 e. The molecule has 0 aliphatic carbocycles. The van der Waals surface area contributed by atoms with Crippen molar-refractivity contribution in [1.82, 2.24) is 0 Å². The minimum absolute atomic E-state index is 0.0233. The average molecular weight is 270 g/mol. The number of carboxylic acids is 1. The van der Waals surface area contributed by atoms with Crippen molar-refractivity contribution >= 4 is 17.9 Å². The number of aromatic carboxylic acids is 1. The van der Waals surface area contributed by atoms with Crippen LogP contribution in [0.1, 0.15) is 21.5 Å². The van der Waals surface area contributed by atoms with Crippen LogP contribution in [0.2, 0.25) is 0 Å². The van der Waals surface area contributed by atoms with Gasteiger partial charge in [-0.2, -0.15) is 5.10 Å². The van der Waals surface area contributed by atoms with Gasteiger partial charge in [-0.1, -0.05) is 12.1 Å². The zero-order chi connectivity index (χ0) is 14.5. The van der Waals surface area contributed by atoms with Crippen LogP contribution in [0.15, 0.2) is 47.6 Å². The number of carboxylic acid groups (broad SMARTS) is 1. The van der Waals surface area contributed by atoms with Gasteiger partial charge in [0, 0.05) is 5.56 Å². The third kappa shape index (κ3) is 3.35. The molecule has 0 aliphatic heterocycles. The Morgan fingerprint density at radius 2 is 2.05 bits per heavy atom. The average Bonchev–Trinajstić information content (AvgIpc) is 2.40. The summed E-state index contributed by atoms with van der Waals surface area (Å²) in [4.78, 5) is 10.9. The highest BCUT2D eigenvalue weighted by molar-refractivity contribution is 5.92. The largest absolute Gasteiger partial charge is 0.507 e. The number of phenols is 1. The van der Waals surface area contributed by atoms with Crippen LogP contribution < -0.4 is 5.43 Å². The number of aryl methyl sites for hydroxylation is 1. The van der Waals surface area contributed by atoms with Gasteiger partial charge in [-0.25, -0.2) is 4.79 Å². The maximum absolute atomic E-state index is 10.9. The molecule has 0 bridgehead atoms. The van der Waals surface area contributed by atoms with Crippen molar-refractivity contribution in [2.75, 3.05) is 5.43 Å². The predicted molar refractivity (Wildman–Crippen MR) is 77.5 cm³/mol. The zero-order valence-electron chi connectivity index (χ0n) is 10.9. The third-order valence-corrected chi connectivity index (χ3v) is 2.69. The van der Waals surface area contributed by atoms with Crippen LogP contribution in [0, 0.1) is 6.92 Å². The van der Waals surface area contributed by atoms with Crippen molar-refractivity contribution in [3.8, 4) is 5.75 Å². The topological polar surface area (TPSA) is 81.9 Å². The van der Waals surface area contributed by atoms with Crippen molar-refractivity contribution in [3.05, 3.63) is 59.2 Å². The monoisotopic (exact) mass is 270 g/mol. The zero-order valence-corrected chi connectivity index (χ0v) is 10.9.